The molecule has 12 heteroatoms. The van der Waals surface area contributed by atoms with E-state index < -0.39 is 0 Å². The second-order valence-electron chi connectivity index (χ2n) is 12.6. The van der Waals surface area contributed by atoms with Gasteiger partial charge in [-0.3, -0.25) is 19.0 Å². The van der Waals surface area contributed by atoms with Crippen LogP contribution < -0.4 is 0 Å². The molecule has 2 aliphatic heterocycles. The smallest absolute Gasteiger partial charge is 0.338 e. The Hall–Kier alpha value is -4.24. The van der Waals surface area contributed by atoms with Crippen molar-refractivity contribution in [2.24, 2.45) is 0 Å². The quantitative estimate of drug-likeness (QED) is 0.144. The van der Waals surface area contributed by atoms with Crippen LogP contribution in [0.2, 0.25) is 10.0 Å². The molecule has 0 bridgehead atoms. The summed E-state index contributed by atoms with van der Waals surface area (Å²) >= 11 is 11.9. The first-order chi connectivity index (χ1) is 24.1. The summed E-state index contributed by atoms with van der Waals surface area (Å²) in [5, 5.41) is 10.9. The molecule has 2 unspecified atom stereocenters. The lowest BCUT2D eigenvalue weighted by Gasteiger charge is -2.32. The van der Waals surface area contributed by atoms with Gasteiger partial charge in [0, 0.05) is 47.9 Å². The summed E-state index contributed by atoms with van der Waals surface area (Å²) in [5.74, 6) is 0.126. The number of halogens is 2. The first-order valence-electron chi connectivity index (χ1n) is 17.4. The Labute approximate surface area is 304 Å². The molecule has 4 heterocycles. The number of carbonyl (C=O) groups excluding carboxylic acids is 4. The number of benzene rings is 2. The predicted molar refractivity (Wildman–Crippen MR) is 195 cm³/mol. The van der Waals surface area contributed by atoms with E-state index in [1.807, 2.05) is 88.9 Å². The number of hydrogen-bond acceptors (Lipinski definition) is 6. The Morgan fingerprint density at radius 2 is 1.10 bits per heavy atom. The maximum Gasteiger partial charge on any atom is 0.373 e. The van der Waals surface area contributed by atoms with Crippen LogP contribution in [0.25, 0.3) is 22.5 Å². The van der Waals surface area contributed by atoms with Crippen LogP contribution >= 0.6 is 23.2 Å². The highest BCUT2D eigenvalue weighted by molar-refractivity contribution is 6.30. The lowest BCUT2D eigenvalue weighted by Crippen LogP contribution is -2.43. The number of hydrogen-bond donors (Lipinski definition) is 0. The monoisotopic (exact) mass is 720 g/mol. The second-order valence-corrected chi connectivity index (χ2v) is 13.5. The van der Waals surface area contributed by atoms with Crippen molar-refractivity contribution in [3.8, 4) is 22.5 Å². The minimum absolute atomic E-state index is 0.0458. The van der Waals surface area contributed by atoms with E-state index in [2.05, 4.69) is 13.8 Å². The SMILES string of the molecule is CCCCCC1CN(C)C(=O)c2cc(-c3ccc(Cl)cc3)nn21.CCCCCC1CN(CC)C(=O)c2cc(-c3ccc(Cl)cc3)nn21.O=C=O. The van der Waals surface area contributed by atoms with Gasteiger partial charge in [0.05, 0.1) is 23.5 Å². The van der Waals surface area contributed by atoms with Crippen LogP contribution in [0.4, 0.5) is 0 Å². The number of amides is 2. The van der Waals surface area contributed by atoms with Crippen molar-refractivity contribution in [3.63, 3.8) is 0 Å². The topological polar surface area (TPSA) is 110 Å². The van der Waals surface area contributed by atoms with Crippen LogP contribution in [0.5, 0.6) is 0 Å². The van der Waals surface area contributed by atoms with Crippen molar-refractivity contribution in [1.29, 1.82) is 0 Å². The maximum absolute atomic E-state index is 12.7. The van der Waals surface area contributed by atoms with Crippen molar-refractivity contribution in [1.82, 2.24) is 29.4 Å². The summed E-state index contributed by atoms with van der Waals surface area (Å²) < 4.78 is 3.88. The lowest BCUT2D eigenvalue weighted by molar-refractivity contribution is -0.191. The lowest BCUT2D eigenvalue weighted by atomic mass is 10.1. The first-order valence-corrected chi connectivity index (χ1v) is 18.2. The van der Waals surface area contributed by atoms with E-state index in [4.69, 9.17) is 43.0 Å². The fourth-order valence-corrected chi connectivity index (χ4v) is 6.65. The molecule has 0 radical (unpaired) electrons. The van der Waals surface area contributed by atoms with E-state index in [1.165, 1.54) is 38.5 Å². The highest BCUT2D eigenvalue weighted by Crippen LogP contribution is 2.31. The van der Waals surface area contributed by atoms with Crippen LogP contribution in [0, 0.1) is 0 Å². The Morgan fingerprint density at radius 3 is 1.52 bits per heavy atom. The molecule has 0 aliphatic carbocycles. The first kappa shape index (κ1) is 38.6. The largest absolute Gasteiger partial charge is 0.373 e. The minimum atomic E-state index is 0.0458. The molecule has 4 aromatic rings. The molecule has 0 N–H and O–H groups in total. The van der Waals surface area contributed by atoms with Crippen molar-refractivity contribution in [2.45, 2.75) is 84.2 Å². The van der Waals surface area contributed by atoms with Gasteiger partial charge in [-0.2, -0.15) is 19.8 Å². The summed E-state index contributed by atoms with van der Waals surface area (Å²) in [5.41, 5.74) is 5.04. The molecule has 0 saturated heterocycles. The van der Waals surface area contributed by atoms with Crippen LogP contribution in [0.1, 0.15) is 105 Å². The van der Waals surface area contributed by atoms with Gasteiger partial charge in [0.1, 0.15) is 11.4 Å². The summed E-state index contributed by atoms with van der Waals surface area (Å²) in [6.07, 6.45) is 9.54. The van der Waals surface area contributed by atoms with E-state index >= 15 is 0 Å². The number of carbonyl (C=O) groups is 2. The Bertz CT molecular complexity index is 1750. The zero-order chi connectivity index (χ0) is 36.2. The molecule has 2 aliphatic rings. The minimum Gasteiger partial charge on any atom is -0.338 e. The molecule has 0 fully saturated rings. The van der Waals surface area contributed by atoms with Gasteiger partial charge in [0.2, 0.25) is 0 Å². The maximum atomic E-state index is 12.7. The Balaban J connectivity index is 0.000000209. The normalized spacial score (nSPS) is 16.4. The highest BCUT2D eigenvalue weighted by atomic mass is 35.5. The zero-order valence-electron chi connectivity index (χ0n) is 29.3. The van der Waals surface area contributed by atoms with Gasteiger partial charge in [-0.1, -0.05) is 99.8 Å². The van der Waals surface area contributed by atoms with Crippen molar-refractivity contribution in [3.05, 3.63) is 82.1 Å². The van der Waals surface area contributed by atoms with Gasteiger partial charge in [-0.05, 0) is 56.2 Å². The zero-order valence-corrected chi connectivity index (χ0v) is 30.8. The molecular formula is C38H46Cl2N6O4. The van der Waals surface area contributed by atoms with Gasteiger partial charge in [0.15, 0.2) is 0 Å². The van der Waals surface area contributed by atoms with Crippen LogP contribution in [0.3, 0.4) is 0 Å². The number of fused-ring (bicyclic) bond motifs is 2. The van der Waals surface area contributed by atoms with Crippen molar-refractivity contribution >= 4 is 41.2 Å². The third-order valence-corrected chi connectivity index (χ3v) is 9.60. The van der Waals surface area contributed by atoms with E-state index in [0.29, 0.717) is 21.4 Å². The summed E-state index contributed by atoms with van der Waals surface area (Å²) in [6.45, 7) is 8.68. The Morgan fingerprint density at radius 1 is 0.680 bits per heavy atom. The van der Waals surface area contributed by atoms with Crippen LogP contribution in [0.15, 0.2) is 60.7 Å². The molecule has 50 heavy (non-hydrogen) atoms. The molecule has 2 aromatic heterocycles. The standard InChI is InChI=1S/C19H24ClN3O.C18H22ClN3O.CO2/c1-3-5-6-7-16-13-22(4-2)19(24)18-12-17(21-23(16)18)14-8-10-15(20)11-9-14;1-3-4-5-6-15-12-21(2)18(23)17-11-16(20-22(15)17)13-7-9-14(19)10-8-13;2-1-3/h8-12,16H,3-7,13H2,1-2H3;7-11,15H,3-6,12H2,1-2H3;. The van der Waals surface area contributed by atoms with Crippen LogP contribution in [-0.4, -0.2) is 74.0 Å². The molecule has 2 atom stereocenters. The summed E-state index contributed by atoms with van der Waals surface area (Å²) in [4.78, 5) is 45.1. The molecule has 0 saturated carbocycles. The van der Waals surface area contributed by atoms with E-state index in [9.17, 15) is 9.59 Å². The number of unbranched alkanes of at least 4 members (excludes halogenated alkanes) is 4. The second kappa shape index (κ2) is 18.7. The summed E-state index contributed by atoms with van der Waals surface area (Å²) in [6, 6.07) is 19.5. The van der Waals surface area contributed by atoms with Gasteiger partial charge < -0.3 is 9.80 Å². The molecule has 10 nitrogen and oxygen atoms in total. The predicted octanol–water partition coefficient (Wildman–Crippen LogP) is 8.63. The number of nitrogens with zero attached hydrogens (tertiary/aromatic N) is 6. The van der Waals surface area contributed by atoms with Gasteiger partial charge in [0.25, 0.3) is 11.8 Å². The average Bonchev–Trinajstić information content (AvgIpc) is 3.77. The van der Waals surface area contributed by atoms with Crippen molar-refractivity contribution < 1.29 is 19.2 Å². The number of likely N-dealkylation sites (N-methyl/N-ethyl adjacent to an activating group) is 2. The third-order valence-electron chi connectivity index (χ3n) is 9.09. The number of aromatic nitrogens is 4. The molecule has 0 spiro atoms. The molecule has 266 valence electrons. The van der Waals surface area contributed by atoms with E-state index in [0.717, 1.165) is 55.0 Å². The van der Waals surface area contributed by atoms with Crippen molar-refractivity contribution in [2.75, 3.05) is 26.7 Å². The fraction of sp³-hybridized carbons (Fsp3) is 0.447. The highest BCUT2D eigenvalue weighted by Gasteiger charge is 2.32. The van der Waals surface area contributed by atoms with Crippen LogP contribution in [-0.2, 0) is 9.59 Å². The van der Waals surface area contributed by atoms with Gasteiger partial charge in [-0.25, -0.2) is 0 Å². The molecule has 6 rings (SSSR count). The fourth-order valence-electron chi connectivity index (χ4n) is 6.40. The van der Waals surface area contributed by atoms with E-state index in [-0.39, 0.29) is 30.0 Å². The summed E-state index contributed by atoms with van der Waals surface area (Å²) in [7, 11) is 1.87. The third kappa shape index (κ3) is 9.50. The average molecular weight is 722 g/mol. The molecule has 2 amide bonds. The van der Waals surface area contributed by atoms with Gasteiger partial charge >= 0.3 is 6.15 Å². The van der Waals surface area contributed by atoms with Gasteiger partial charge in [-0.15, -0.1) is 0 Å². The van der Waals surface area contributed by atoms with E-state index in [1.54, 1.807) is 4.90 Å². The molecular weight excluding hydrogens is 675 g/mol. The Kier molecular flexibility index (Phi) is 14.4. The molecule has 2 aromatic carbocycles. The number of rotatable bonds is 11.